The fraction of sp³-hybridized carbons (Fsp3) is 0.818. The monoisotopic (exact) mass is 294 g/mol. The van der Waals surface area contributed by atoms with Gasteiger partial charge in [-0.3, -0.25) is 4.57 Å². The molecule has 0 amide bonds. The lowest BCUT2D eigenvalue weighted by atomic mass is 9.99. The first-order chi connectivity index (χ1) is 8.55. The molecule has 0 saturated carbocycles. The van der Waals surface area contributed by atoms with Gasteiger partial charge in [0, 0.05) is 30.6 Å². The van der Waals surface area contributed by atoms with Crippen LogP contribution in [-0.4, -0.2) is 35.2 Å². The molecule has 0 spiro atoms. The maximum absolute atomic E-state index is 11.9. The van der Waals surface area contributed by atoms with Crippen molar-refractivity contribution >= 4 is 19.3 Å². The molecule has 7 nitrogen and oxygen atoms in total. The summed E-state index contributed by atoms with van der Waals surface area (Å²) in [6, 6.07) is -1.08. The maximum Gasteiger partial charge on any atom is 0.201 e. The number of quaternary nitrogens is 1. The third-order valence-corrected chi connectivity index (χ3v) is 4.72. The Morgan fingerprint density at radius 3 is 2.16 bits per heavy atom. The molecule has 0 bridgehead atoms. The van der Waals surface area contributed by atoms with E-state index in [1.54, 1.807) is 13.8 Å². The highest BCUT2D eigenvalue weighted by atomic mass is 31.2. The molecular formula is C11H21NO6P-. The highest BCUT2D eigenvalue weighted by molar-refractivity contribution is 7.58. The van der Waals surface area contributed by atoms with Gasteiger partial charge in [-0.1, -0.05) is 13.8 Å². The van der Waals surface area contributed by atoms with Crippen LogP contribution in [0, 0.1) is 11.8 Å². The van der Waals surface area contributed by atoms with Gasteiger partial charge < -0.3 is 30.4 Å². The smallest absolute Gasteiger partial charge is 0.201 e. The molecule has 0 aliphatic rings. The van der Waals surface area contributed by atoms with Gasteiger partial charge in [-0.15, -0.1) is 0 Å². The zero-order valence-corrected chi connectivity index (χ0v) is 12.1. The summed E-state index contributed by atoms with van der Waals surface area (Å²) >= 11 is 0. The number of carboxylic acids is 2. The van der Waals surface area contributed by atoms with Crippen molar-refractivity contribution in [2.24, 2.45) is 11.8 Å². The molecule has 0 radical (unpaired) electrons. The number of carboxylic acid groups (broad SMARTS) is 2. The van der Waals surface area contributed by atoms with Gasteiger partial charge in [0.05, 0.1) is 5.97 Å². The van der Waals surface area contributed by atoms with Gasteiger partial charge in [0.15, 0.2) is 0 Å². The molecule has 112 valence electrons. The van der Waals surface area contributed by atoms with E-state index in [2.05, 4.69) is 5.73 Å². The van der Waals surface area contributed by atoms with Crippen LogP contribution in [0.3, 0.4) is 0 Å². The summed E-state index contributed by atoms with van der Waals surface area (Å²) in [4.78, 5) is 31.0. The molecule has 19 heavy (non-hydrogen) atoms. The Bertz CT molecular complexity index is 370. The Hall–Kier alpha value is -0.910. The van der Waals surface area contributed by atoms with Crippen molar-refractivity contribution in [1.82, 2.24) is 0 Å². The second-order valence-corrected chi connectivity index (χ2v) is 7.71. The molecule has 0 aromatic rings. The Morgan fingerprint density at radius 2 is 1.79 bits per heavy atom. The number of rotatable bonds is 9. The van der Waals surface area contributed by atoms with Gasteiger partial charge in [0.25, 0.3) is 0 Å². The lowest BCUT2D eigenvalue weighted by Gasteiger charge is -2.23. The summed E-state index contributed by atoms with van der Waals surface area (Å²) in [5.74, 6) is -3.68. The summed E-state index contributed by atoms with van der Waals surface area (Å²) in [5.41, 5.74) is 3.28. The van der Waals surface area contributed by atoms with Gasteiger partial charge in [-0.25, -0.2) is 0 Å². The van der Waals surface area contributed by atoms with Crippen LogP contribution in [0.4, 0.5) is 0 Å². The average molecular weight is 294 g/mol. The topological polar surface area (TPSA) is 145 Å². The Kier molecular flexibility index (Phi) is 7.26. The van der Waals surface area contributed by atoms with E-state index in [-0.39, 0.29) is 24.9 Å². The Morgan fingerprint density at radius 1 is 1.26 bits per heavy atom. The Balaban J connectivity index is 4.51. The van der Waals surface area contributed by atoms with E-state index in [9.17, 15) is 29.3 Å². The third-order valence-electron chi connectivity index (χ3n) is 2.76. The SMILES string of the molecule is CC(C)C[C@@H](CP(=O)(O)CC[C@H]([NH3+])C(=O)[O-])C(=O)[O-]. The predicted octanol–water partition coefficient (Wildman–Crippen LogP) is -2.58. The zero-order valence-electron chi connectivity index (χ0n) is 11.2. The van der Waals surface area contributed by atoms with Gasteiger partial charge in [-0.2, -0.15) is 0 Å². The van der Waals surface area contributed by atoms with Crippen LogP contribution in [-0.2, 0) is 14.2 Å². The normalized spacial score (nSPS) is 17.7. The lowest BCUT2D eigenvalue weighted by molar-refractivity contribution is -0.437. The van der Waals surface area contributed by atoms with Crippen molar-refractivity contribution in [1.29, 1.82) is 0 Å². The van der Waals surface area contributed by atoms with E-state index < -0.39 is 37.4 Å². The minimum atomic E-state index is -3.70. The van der Waals surface area contributed by atoms with Crippen molar-refractivity contribution in [3.63, 3.8) is 0 Å². The van der Waals surface area contributed by atoms with Crippen LogP contribution in [0.15, 0.2) is 0 Å². The van der Waals surface area contributed by atoms with E-state index in [1.807, 2.05) is 0 Å². The van der Waals surface area contributed by atoms with Crippen LogP contribution in [0.5, 0.6) is 0 Å². The summed E-state index contributed by atoms with van der Waals surface area (Å²) in [5, 5.41) is 21.3. The van der Waals surface area contributed by atoms with Crippen molar-refractivity contribution in [2.45, 2.75) is 32.7 Å². The minimum Gasteiger partial charge on any atom is -0.550 e. The summed E-state index contributed by atoms with van der Waals surface area (Å²) in [6.45, 7) is 3.61. The molecule has 1 unspecified atom stereocenters. The largest absolute Gasteiger partial charge is 0.550 e. The first-order valence-corrected chi connectivity index (χ1v) is 8.13. The third kappa shape index (κ3) is 7.97. The number of aliphatic carboxylic acids is 2. The molecular weight excluding hydrogens is 273 g/mol. The van der Waals surface area contributed by atoms with E-state index in [0.717, 1.165) is 0 Å². The number of carbonyl (C=O) groups is 2. The summed E-state index contributed by atoms with van der Waals surface area (Å²) < 4.78 is 11.9. The maximum atomic E-state index is 11.9. The minimum absolute atomic E-state index is 0.0618. The zero-order chi connectivity index (χ0) is 15.2. The summed E-state index contributed by atoms with van der Waals surface area (Å²) in [7, 11) is -3.70. The molecule has 0 aromatic heterocycles. The van der Waals surface area contributed by atoms with Crippen molar-refractivity contribution in [3.05, 3.63) is 0 Å². The van der Waals surface area contributed by atoms with E-state index in [4.69, 9.17) is 0 Å². The number of carbonyl (C=O) groups excluding carboxylic acids is 2. The molecule has 4 N–H and O–H groups in total. The van der Waals surface area contributed by atoms with Gasteiger partial charge in [0.2, 0.25) is 7.37 Å². The van der Waals surface area contributed by atoms with E-state index in [1.165, 1.54) is 0 Å². The molecule has 0 aliphatic heterocycles. The lowest BCUT2D eigenvalue weighted by Crippen LogP contribution is -2.68. The van der Waals surface area contributed by atoms with Crippen molar-refractivity contribution in [3.8, 4) is 0 Å². The second kappa shape index (κ2) is 7.62. The molecule has 0 saturated heterocycles. The van der Waals surface area contributed by atoms with Crippen LogP contribution < -0.4 is 15.9 Å². The quantitative estimate of drug-likeness (QED) is 0.447. The predicted molar refractivity (Wildman–Crippen MR) is 63.8 cm³/mol. The fourth-order valence-corrected chi connectivity index (χ4v) is 3.61. The first kappa shape index (κ1) is 18.1. The van der Waals surface area contributed by atoms with E-state index >= 15 is 0 Å². The highest BCUT2D eigenvalue weighted by Gasteiger charge is 2.27. The van der Waals surface area contributed by atoms with Crippen molar-refractivity contribution in [2.75, 3.05) is 12.3 Å². The van der Waals surface area contributed by atoms with Crippen molar-refractivity contribution < 1.29 is 35.0 Å². The molecule has 0 heterocycles. The van der Waals surface area contributed by atoms with Gasteiger partial charge >= 0.3 is 0 Å². The van der Waals surface area contributed by atoms with E-state index in [0.29, 0.717) is 0 Å². The van der Waals surface area contributed by atoms with Crippen LogP contribution in [0.1, 0.15) is 26.7 Å². The average Bonchev–Trinajstić information content (AvgIpc) is 2.23. The molecule has 8 heteroatoms. The molecule has 0 aromatic carbocycles. The Labute approximate surface area is 112 Å². The second-order valence-electron chi connectivity index (χ2n) is 5.20. The molecule has 0 aliphatic carbocycles. The van der Waals surface area contributed by atoms with Gasteiger partial charge in [0.1, 0.15) is 6.04 Å². The molecule has 0 rings (SSSR count). The summed E-state index contributed by atoms with van der Waals surface area (Å²) in [6.07, 6.45) is -0.539. The fourth-order valence-electron chi connectivity index (χ4n) is 1.73. The van der Waals surface area contributed by atoms with Crippen LogP contribution in [0.25, 0.3) is 0 Å². The number of hydrogen-bond acceptors (Lipinski definition) is 5. The first-order valence-electron chi connectivity index (χ1n) is 6.10. The van der Waals surface area contributed by atoms with Gasteiger partial charge in [-0.05, 0) is 12.3 Å². The standard InChI is InChI=1S/C11H22NO6P/c1-7(2)5-8(10(13)14)6-19(17,18)4-3-9(12)11(15)16/h7-9H,3-6,12H2,1-2H3,(H,13,14)(H,15,16)(H,17,18)/p-1/t8-,9-/m0/s1. The van der Waals surface area contributed by atoms with Crippen LogP contribution >= 0.6 is 7.37 Å². The highest BCUT2D eigenvalue weighted by Crippen LogP contribution is 2.44. The number of hydrogen-bond donors (Lipinski definition) is 2. The molecule has 3 atom stereocenters. The van der Waals surface area contributed by atoms with Crippen LogP contribution in [0.2, 0.25) is 0 Å². The molecule has 0 fully saturated rings.